The molecular weight excluding hydrogens is 440 g/mol. The highest BCUT2D eigenvalue weighted by Gasteiger charge is 2.31. The molecule has 0 spiro atoms. The molecule has 0 heterocycles. The minimum Gasteiger partial charge on any atom is -0.497 e. The van der Waals surface area contributed by atoms with Gasteiger partial charge in [-0.2, -0.15) is 0 Å². The lowest BCUT2D eigenvalue weighted by Crippen LogP contribution is -2.52. The highest BCUT2D eigenvalue weighted by molar-refractivity contribution is 5.88. The quantitative estimate of drug-likeness (QED) is 0.443. The lowest BCUT2D eigenvalue weighted by molar-refractivity contribution is -0.143. The number of benzene rings is 3. The summed E-state index contributed by atoms with van der Waals surface area (Å²) in [4.78, 5) is 28.6. The highest BCUT2D eigenvalue weighted by atomic mass is 16.5. The van der Waals surface area contributed by atoms with Crippen molar-refractivity contribution in [1.29, 1.82) is 0 Å². The van der Waals surface area contributed by atoms with Gasteiger partial charge in [-0.1, -0.05) is 60.7 Å². The number of hydrogen-bond donors (Lipinski definition) is 1. The van der Waals surface area contributed by atoms with Crippen molar-refractivity contribution in [3.05, 3.63) is 95.6 Å². The van der Waals surface area contributed by atoms with Crippen LogP contribution < -0.4 is 14.8 Å². The van der Waals surface area contributed by atoms with Crippen LogP contribution in [0.3, 0.4) is 0 Å². The second-order valence-corrected chi connectivity index (χ2v) is 8.80. The monoisotopic (exact) mass is 474 g/mol. The van der Waals surface area contributed by atoms with E-state index >= 15 is 0 Å². The van der Waals surface area contributed by atoms with Crippen LogP contribution in [0, 0.1) is 6.92 Å². The fraction of sp³-hybridized carbons (Fsp3) is 0.310. The van der Waals surface area contributed by atoms with E-state index in [-0.39, 0.29) is 31.0 Å². The fourth-order valence-electron chi connectivity index (χ4n) is 3.84. The number of amides is 2. The van der Waals surface area contributed by atoms with Crippen molar-refractivity contribution in [3.63, 3.8) is 0 Å². The Hall–Kier alpha value is -3.80. The third-order valence-corrected chi connectivity index (χ3v) is 5.63. The molecule has 3 aromatic carbocycles. The first-order valence-corrected chi connectivity index (χ1v) is 11.8. The molecule has 35 heavy (non-hydrogen) atoms. The standard InChI is InChI=1S/C29H34N2O4/c1-21(2)30-29(33)26(18-23-12-6-5-7-13-23)31(19-24-14-10-15-25(17-24)34-4)28(32)20-35-27-16-9-8-11-22(27)3/h5-17,21,26H,18-20H2,1-4H3,(H,30,33)/t26-/m1/s1. The van der Waals surface area contributed by atoms with Crippen molar-refractivity contribution in [2.45, 2.75) is 45.8 Å². The van der Waals surface area contributed by atoms with Gasteiger partial charge in [-0.3, -0.25) is 9.59 Å². The van der Waals surface area contributed by atoms with Crippen LogP contribution in [0.25, 0.3) is 0 Å². The van der Waals surface area contributed by atoms with E-state index in [0.29, 0.717) is 17.9 Å². The minimum atomic E-state index is -0.709. The van der Waals surface area contributed by atoms with Crippen molar-refractivity contribution in [2.24, 2.45) is 0 Å². The van der Waals surface area contributed by atoms with E-state index in [2.05, 4.69) is 5.32 Å². The van der Waals surface area contributed by atoms with Gasteiger partial charge >= 0.3 is 0 Å². The first kappa shape index (κ1) is 25.8. The molecule has 0 aliphatic carbocycles. The molecule has 3 rings (SSSR count). The molecule has 1 atom stereocenters. The summed E-state index contributed by atoms with van der Waals surface area (Å²) < 4.78 is 11.2. The summed E-state index contributed by atoms with van der Waals surface area (Å²) in [5, 5.41) is 2.99. The van der Waals surface area contributed by atoms with Crippen LogP contribution in [0.15, 0.2) is 78.9 Å². The number of nitrogens with zero attached hydrogens (tertiary/aromatic N) is 1. The van der Waals surface area contributed by atoms with E-state index in [9.17, 15) is 9.59 Å². The van der Waals surface area contributed by atoms with Crippen molar-refractivity contribution < 1.29 is 19.1 Å². The molecule has 1 N–H and O–H groups in total. The number of aryl methyl sites for hydroxylation is 1. The van der Waals surface area contributed by atoms with Crippen molar-refractivity contribution in [1.82, 2.24) is 10.2 Å². The molecule has 6 heteroatoms. The maximum atomic E-state index is 13.6. The number of carbonyl (C=O) groups excluding carboxylic acids is 2. The Morgan fingerprint density at radius 2 is 1.60 bits per heavy atom. The van der Waals surface area contributed by atoms with Gasteiger partial charge in [0, 0.05) is 19.0 Å². The lowest BCUT2D eigenvalue weighted by Gasteiger charge is -2.32. The zero-order chi connectivity index (χ0) is 25.2. The van der Waals surface area contributed by atoms with E-state index in [1.165, 1.54) is 0 Å². The molecule has 0 aliphatic heterocycles. The average molecular weight is 475 g/mol. The third kappa shape index (κ3) is 7.60. The number of methoxy groups -OCH3 is 1. The van der Waals surface area contributed by atoms with Gasteiger partial charge in [-0.05, 0) is 55.7 Å². The Kier molecular flexibility index (Phi) is 9.30. The normalized spacial score (nSPS) is 11.6. The number of carbonyl (C=O) groups is 2. The maximum absolute atomic E-state index is 13.6. The Morgan fingerprint density at radius 1 is 0.914 bits per heavy atom. The summed E-state index contributed by atoms with van der Waals surface area (Å²) >= 11 is 0. The first-order chi connectivity index (χ1) is 16.9. The topological polar surface area (TPSA) is 67.9 Å². The van der Waals surface area contributed by atoms with Gasteiger partial charge in [0.2, 0.25) is 5.91 Å². The van der Waals surface area contributed by atoms with E-state index < -0.39 is 6.04 Å². The van der Waals surface area contributed by atoms with E-state index in [1.807, 2.05) is 99.6 Å². The SMILES string of the molecule is COc1cccc(CN(C(=O)COc2ccccc2C)[C@H](Cc2ccccc2)C(=O)NC(C)C)c1. The summed E-state index contributed by atoms with van der Waals surface area (Å²) in [7, 11) is 1.60. The van der Waals surface area contributed by atoms with Gasteiger partial charge in [-0.25, -0.2) is 0 Å². The Morgan fingerprint density at radius 3 is 2.29 bits per heavy atom. The predicted molar refractivity (Wildman–Crippen MR) is 137 cm³/mol. The maximum Gasteiger partial charge on any atom is 0.261 e. The number of para-hydroxylation sites is 1. The van der Waals surface area contributed by atoms with Gasteiger partial charge in [0.25, 0.3) is 5.91 Å². The van der Waals surface area contributed by atoms with Crippen molar-refractivity contribution >= 4 is 11.8 Å². The molecule has 0 radical (unpaired) electrons. The number of ether oxygens (including phenoxy) is 2. The number of rotatable bonds is 11. The summed E-state index contributed by atoms with van der Waals surface area (Å²) in [6.45, 7) is 5.83. The summed E-state index contributed by atoms with van der Waals surface area (Å²) in [6.07, 6.45) is 0.388. The van der Waals surface area contributed by atoms with Gasteiger partial charge in [0.05, 0.1) is 7.11 Å². The van der Waals surface area contributed by atoms with Crippen LogP contribution in [-0.2, 0) is 22.6 Å². The van der Waals surface area contributed by atoms with E-state index in [0.717, 1.165) is 16.7 Å². The van der Waals surface area contributed by atoms with Crippen LogP contribution in [-0.4, -0.2) is 42.5 Å². The smallest absolute Gasteiger partial charge is 0.261 e. The van der Waals surface area contributed by atoms with Crippen LogP contribution in [0.1, 0.15) is 30.5 Å². The summed E-state index contributed by atoms with van der Waals surface area (Å²) in [5.74, 6) is 0.873. The van der Waals surface area contributed by atoms with Gasteiger partial charge in [-0.15, -0.1) is 0 Å². The zero-order valence-electron chi connectivity index (χ0n) is 20.9. The van der Waals surface area contributed by atoms with Crippen LogP contribution in [0.2, 0.25) is 0 Å². The summed E-state index contributed by atoms with van der Waals surface area (Å²) in [6, 6.07) is 24.0. The third-order valence-electron chi connectivity index (χ3n) is 5.63. The number of hydrogen-bond acceptors (Lipinski definition) is 4. The molecule has 0 saturated carbocycles. The summed E-state index contributed by atoms with van der Waals surface area (Å²) in [5.41, 5.74) is 2.78. The van der Waals surface area contributed by atoms with Crippen molar-refractivity contribution in [3.8, 4) is 11.5 Å². The fourth-order valence-corrected chi connectivity index (χ4v) is 3.84. The molecule has 6 nitrogen and oxygen atoms in total. The molecule has 2 amide bonds. The molecule has 184 valence electrons. The molecule has 0 unspecified atom stereocenters. The second kappa shape index (κ2) is 12.6. The van der Waals surface area contributed by atoms with E-state index in [1.54, 1.807) is 12.0 Å². The molecule has 0 saturated heterocycles. The van der Waals surface area contributed by atoms with Crippen LogP contribution in [0.5, 0.6) is 11.5 Å². The average Bonchev–Trinajstić information content (AvgIpc) is 2.85. The highest BCUT2D eigenvalue weighted by Crippen LogP contribution is 2.20. The largest absolute Gasteiger partial charge is 0.497 e. The van der Waals surface area contributed by atoms with E-state index in [4.69, 9.17) is 9.47 Å². The van der Waals surface area contributed by atoms with Gasteiger partial charge < -0.3 is 19.7 Å². The van der Waals surface area contributed by atoms with Gasteiger partial charge in [0.1, 0.15) is 17.5 Å². The Balaban J connectivity index is 1.93. The second-order valence-electron chi connectivity index (χ2n) is 8.80. The van der Waals surface area contributed by atoms with Crippen LogP contribution in [0.4, 0.5) is 0 Å². The molecular formula is C29H34N2O4. The molecule has 0 aromatic heterocycles. The van der Waals surface area contributed by atoms with Crippen molar-refractivity contribution in [2.75, 3.05) is 13.7 Å². The minimum absolute atomic E-state index is 0.0576. The molecule has 0 fully saturated rings. The lowest BCUT2D eigenvalue weighted by atomic mass is 10.0. The number of nitrogens with one attached hydrogen (secondary N) is 1. The zero-order valence-corrected chi connectivity index (χ0v) is 20.9. The first-order valence-electron chi connectivity index (χ1n) is 11.8. The predicted octanol–water partition coefficient (Wildman–Crippen LogP) is 4.55. The molecule has 3 aromatic rings. The molecule has 0 bridgehead atoms. The molecule has 0 aliphatic rings. The van der Waals surface area contributed by atoms with Crippen LogP contribution >= 0.6 is 0 Å². The Bertz CT molecular complexity index is 1110. The van der Waals surface area contributed by atoms with Gasteiger partial charge in [0.15, 0.2) is 6.61 Å². The Labute approximate surface area is 207 Å².